The minimum absolute atomic E-state index is 0.279. The summed E-state index contributed by atoms with van der Waals surface area (Å²) in [5, 5.41) is 0. The zero-order chi connectivity index (χ0) is 57.1. The van der Waals surface area contributed by atoms with E-state index in [1.165, 1.54) is 0 Å². The summed E-state index contributed by atoms with van der Waals surface area (Å²) in [4.78, 5) is 31.0. The number of rotatable bonds is 35. The molecule has 6 aromatic rings. The fraction of sp³-hybridized carbons (Fsp3) is 0.667. The molecule has 18 nitrogen and oxygen atoms in total. The highest BCUT2D eigenvalue weighted by atomic mass is 28.3. The number of hydrogen-bond acceptors (Lipinski definition) is 12. The molecule has 78 heavy (non-hydrogen) atoms. The van der Waals surface area contributed by atoms with Crippen LogP contribution in [-0.2, 0) is 68.8 Å². The summed E-state index contributed by atoms with van der Waals surface area (Å²) >= 11 is 0. The number of nitrogens with zero attached hydrogens (tertiary/aromatic N) is 12. The van der Waals surface area contributed by atoms with Crippen LogP contribution >= 0.6 is 0 Å². The summed E-state index contributed by atoms with van der Waals surface area (Å²) < 4.78 is 50.2. The molecule has 0 spiro atoms. The summed E-state index contributed by atoms with van der Waals surface area (Å²) in [6.07, 6.45) is 15.7. The van der Waals surface area contributed by atoms with Gasteiger partial charge < -0.3 is 55.8 Å². The van der Waals surface area contributed by atoms with Gasteiger partial charge in [0, 0.05) is 125 Å². The Hall–Kier alpha value is -3.68. The average Bonchev–Trinajstić information content (AvgIpc) is 4.19. The van der Waals surface area contributed by atoms with Crippen molar-refractivity contribution >= 4 is 48.4 Å². The van der Waals surface area contributed by atoms with Crippen molar-refractivity contribution in [1.82, 2.24) is 57.3 Å². The predicted molar refractivity (Wildman–Crippen MR) is 333 cm³/mol. The first-order chi connectivity index (χ1) is 36.4. The van der Waals surface area contributed by atoms with E-state index in [2.05, 4.69) is 127 Å². The summed E-state index contributed by atoms with van der Waals surface area (Å²) in [6, 6.07) is 6.37. The van der Waals surface area contributed by atoms with Gasteiger partial charge in [-0.2, -0.15) is 0 Å². The lowest BCUT2D eigenvalue weighted by Crippen LogP contribution is -2.22. The van der Waals surface area contributed by atoms with Crippen LogP contribution in [0.1, 0.15) is 0 Å². The smallest absolute Gasteiger partial charge is 0.179 e. The van der Waals surface area contributed by atoms with Gasteiger partial charge in [0.05, 0.1) is 12.7 Å². The van der Waals surface area contributed by atoms with Crippen LogP contribution in [0.25, 0.3) is 57.5 Å². The van der Waals surface area contributed by atoms with Gasteiger partial charge in [0.1, 0.15) is 74.5 Å². The van der Waals surface area contributed by atoms with Gasteiger partial charge in [-0.15, -0.1) is 0 Å². The molecule has 24 heteroatoms. The second kappa shape index (κ2) is 27.4. The van der Waals surface area contributed by atoms with E-state index in [9.17, 15) is 0 Å². The van der Waals surface area contributed by atoms with Crippen molar-refractivity contribution in [2.45, 2.75) is 194 Å². The highest BCUT2D eigenvalue weighted by Crippen LogP contribution is 2.32. The van der Waals surface area contributed by atoms with Gasteiger partial charge in [-0.3, -0.25) is 0 Å². The Kier molecular flexibility index (Phi) is 22.3. The maximum Gasteiger partial charge on any atom is 0.179 e. The molecule has 0 unspecified atom stereocenters. The zero-order valence-corrected chi connectivity index (χ0v) is 57.2. The summed E-state index contributed by atoms with van der Waals surface area (Å²) in [5.74, 6) is 2.55. The third-order valence-corrected chi connectivity index (χ3v) is 23.2. The monoisotopic (exact) mass is 1180 g/mol. The second-order valence-corrected chi connectivity index (χ2v) is 62.0. The van der Waals surface area contributed by atoms with Crippen molar-refractivity contribution in [3.05, 3.63) is 49.8 Å². The molecule has 0 N–H and O–H groups in total. The molecule has 0 aliphatic carbocycles. The van der Waals surface area contributed by atoms with Crippen molar-refractivity contribution in [2.24, 2.45) is 0 Å². The van der Waals surface area contributed by atoms with Crippen molar-refractivity contribution < 1.29 is 28.4 Å². The molecule has 0 aliphatic rings. The molecule has 0 aromatic carbocycles. The van der Waals surface area contributed by atoms with Gasteiger partial charge in [0.25, 0.3) is 0 Å². The fourth-order valence-corrected chi connectivity index (χ4v) is 12.2. The van der Waals surface area contributed by atoms with Crippen LogP contribution in [0.3, 0.4) is 0 Å². The third-order valence-electron chi connectivity index (χ3n) is 12.9. The Bertz CT molecular complexity index is 2590. The molecule has 434 valence electrons. The highest BCUT2D eigenvalue weighted by molar-refractivity contribution is 6.77. The first-order valence-corrected chi connectivity index (χ1v) is 50.4. The van der Waals surface area contributed by atoms with Gasteiger partial charge >= 0.3 is 0 Å². The standard InChI is InChI=1S/C54H98N12O6Si6/c1-73(2,3)25-19-67-39-61-31-45(55-37-61)47-33-63(41-69-21-27-75(7,8)9)51(57-47)53-59-49(35-65(53)43-71-23-29-77(13,14)15)50-36-66(44-72-24-30-78(16,17)18)54(60-50)52-58-48(34-64(52)42-70-22-28-76(10,11)12)46-32-62(38-56-46)40-68-20-26-74(4,5)6/h31-38H,19-30,39-44H2,1-18H3. The molecule has 0 amide bonds. The number of ether oxygens (including phenoxy) is 6. The van der Waals surface area contributed by atoms with Crippen LogP contribution in [0, 0.1) is 0 Å². The lowest BCUT2D eigenvalue weighted by Gasteiger charge is -2.17. The van der Waals surface area contributed by atoms with Crippen LogP contribution in [0.5, 0.6) is 0 Å². The molecule has 0 atom stereocenters. The molecular formula is C54H98N12O6Si6. The minimum atomic E-state index is -1.37. The Labute approximate surface area is 473 Å². The summed E-state index contributed by atoms with van der Waals surface area (Å²) in [5.41, 5.74) is 4.23. The van der Waals surface area contributed by atoms with Crippen molar-refractivity contribution in [3.63, 3.8) is 0 Å². The molecule has 0 saturated carbocycles. The first kappa shape index (κ1) is 63.5. The predicted octanol–water partition coefficient (Wildman–Crippen LogP) is 13.1. The summed E-state index contributed by atoms with van der Waals surface area (Å²) in [7, 11) is -7.88. The Morgan fingerprint density at radius 3 is 0.705 bits per heavy atom. The number of imidazole rings is 6. The van der Waals surface area contributed by atoms with E-state index < -0.39 is 48.4 Å². The van der Waals surface area contributed by atoms with Crippen LogP contribution in [0.15, 0.2) is 49.8 Å². The van der Waals surface area contributed by atoms with Crippen molar-refractivity contribution in [2.75, 3.05) is 39.6 Å². The Morgan fingerprint density at radius 1 is 0.282 bits per heavy atom. The fourth-order valence-electron chi connectivity index (χ4n) is 7.65. The minimum Gasteiger partial charge on any atom is -0.361 e. The van der Waals surface area contributed by atoms with Gasteiger partial charge in [0.2, 0.25) is 0 Å². The maximum absolute atomic E-state index is 6.49. The quantitative estimate of drug-likeness (QED) is 0.0274. The van der Waals surface area contributed by atoms with E-state index in [-0.39, 0.29) is 13.5 Å². The van der Waals surface area contributed by atoms with E-state index in [1.54, 1.807) is 0 Å². The normalized spacial score (nSPS) is 13.2. The molecule has 0 aliphatic heterocycles. The maximum atomic E-state index is 6.49. The van der Waals surface area contributed by atoms with Crippen molar-refractivity contribution in [1.29, 1.82) is 0 Å². The number of hydrogen-bond donors (Lipinski definition) is 0. The van der Waals surface area contributed by atoms with E-state index in [1.807, 2.05) is 68.1 Å². The van der Waals surface area contributed by atoms with Gasteiger partial charge in [-0.25, -0.2) is 29.9 Å². The molecule has 0 saturated heterocycles. The van der Waals surface area contributed by atoms with Crippen LogP contribution in [-0.4, -0.2) is 145 Å². The molecule has 0 radical (unpaired) electrons. The molecule has 6 rings (SSSR count). The zero-order valence-electron chi connectivity index (χ0n) is 51.2. The van der Waals surface area contributed by atoms with Gasteiger partial charge in [-0.05, 0) is 36.3 Å². The average molecular weight is 1180 g/mol. The van der Waals surface area contributed by atoms with E-state index in [0.29, 0.717) is 99.4 Å². The Balaban J connectivity index is 1.42. The van der Waals surface area contributed by atoms with E-state index in [0.717, 1.165) is 60.9 Å². The van der Waals surface area contributed by atoms with Gasteiger partial charge in [0.15, 0.2) is 23.3 Å². The van der Waals surface area contributed by atoms with E-state index in [4.69, 9.17) is 58.3 Å². The topological polar surface area (TPSA) is 162 Å². The van der Waals surface area contributed by atoms with Crippen molar-refractivity contribution in [3.8, 4) is 57.5 Å². The molecule has 6 heterocycles. The first-order valence-electron chi connectivity index (χ1n) is 28.2. The molecular weight excluding hydrogens is 1080 g/mol. The van der Waals surface area contributed by atoms with Crippen LogP contribution in [0.2, 0.25) is 154 Å². The largest absolute Gasteiger partial charge is 0.361 e. The van der Waals surface area contributed by atoms with Crippen LogP contribution < -0.4 is 0 Å². The third kappa shape index (κ3) is 21.7. The molecule has 0 bridgehead atoms. The van der Waals surface area contributed by atoms with Gasteiger partial charge in [-0.1, -0.05) is 118 Å². The van der Waals surface area contributed by atoms with E-state index >= 15 is 0 Å². The highest BCUT2D eigenvalue weighted by Gasteiger charge is 2.26. The lowest BCUT2D eigenvalue weighted by molar-refractivity contribution is 0.0844. The Morgan fingerprint density at radius 2 is 0.487 bits per heavy atom. The van der Waals surface area contributed by atoms with Crippen LogP contribution in [0.4, 0.5) is 0 Å². The lowest BCUT2D eigenvalue weighted by atomic mass is 10.4. The number of aromatic nitrogens is 12. The molecule has 0 fully saturated rings. The summed E-state index contributed by atoms with van der Waals surface area (Å²) in [6.45, 7) is 48.7. The SMILES string of the molecule is C[Si](C)(C)CCOCn1cnc(-c2cn(COCC[Si](C)(C)C)c(-c3nc(-c4cn(COCC[Si](C)(C)C)c(-c5nc(-c6cn(COCC[Si](C)(C)C)cn6)cn5COCC[Si](C)(C)C)n4)cn3COCC[Si](C)(C)C)n2)c1. The molecule has 6 aromatic heterocycles. The second-order valence-electron chi connectivity index (χ2n) is 28.3.